The minimum absolute atomic E-state index is 0.0658. The summed E-state index contributed by atoms with van der Waals surface area (Å²) in [7, 11) is 3.51. The lowest BCUT2D eigenvalue weighted by molar-refractivity contribution is 0.187. The van der Waals surface area contributed by atoms with Gasteiger partial charge in [0.05, 0.1) is 13.2 Å². The van der Waals surface area contributed by atoms with Gasteiger partial charge in [0.2, 0.25) is 0 Å². The average Bonchev–Trinajstić information content (AvgIpc) is 2.66. The third kappa shape index (κ3) is 2.03. The molecular weight excluding hydrogens is 228 g/mol. The zero-order chi connectivity index (χ0) is 13.3. The molecule has 4 nitrogen and oxygen atoms in total. The van der Waals surface area contributed by atoms with Crippen molar-refractivity contribution in [3.05, 3.63) is 29.8 Å². The van der Waals surface area contributed by atoms with Crippen molar-refractivity contribution in [1.29, 1.82) is 0 Å². The van der Waals surface area contributed by atoms with Crippen molar-refractivity contribution in [2.24, 2.45) is 0 Å². The number of rotatable bonds is 3. The number of hydrogen-bond acceptors (Lipinski definition) is 2. The Labute approximate surface area is 108 Å². The van der Waals surface area contributed by atoms with E-state index in [0.29, 0.717) is 6.54 Å². The second kappa shape index (κ2) is 4.88. The van der Waals surface area contributed by atoms with E-state index >= 15 is 0 Å². The van der Waals surface area contributed by atoms with Crippen LogP contribution >= 0.6 is 0 Å². The first-order chi connectivity index (χ1) is 8.56. The van der Waals surface area contributed by atoms with Gasteiger partial charge < -0.3 is 14.5 Å². The number of amides is 2. The fraction of sp³-hybridized carbons (Fsp3) is 0.500. The molecule has 1 aliphatic rings. The average molecular weight is 248 g/mol. The molecule has 1 saturated heterocycles. The van der Waals surface area contributed by atoms with Crippen molar-refractivity contribution in [2.75, 3.05) is 20.7 Å². The maximum Gasteiger partial charge on any atom is 0.320 e. The largest absolute Gasteiger partial charge is 0.496 e. The predicted molar refractivity (Wildman–Crippen MR) is 70.7 cm³/mol. The molecule has 0 N–H and O–H groups in total. The number of hydrogen-bond donors (Lipinski definition) is 0. The summed E-state index contributed by atoms with van der Waals surface area (Å²) in [5.74, 6) is 0.841. The Balaban J connectivity index is 2.32. The maximum absolute atomic E-state index is 12.1. The lowest BCUT2D eigenvalue weighted by Crippen LogP contribution is -2.34. The molecule has 0 bridgehead atoms. The lowest BCUT2D eigenvalue weighted by atomic mass is 10.1. The second-order valence-electron chi connectivity index (χ2n) is 4.90. The number of ether oxygens (including phenoxy) is 1. The third-order valence-electron chi connectivity index (χ3n) is 3.51. The van der Waals surface area contributed by atoms with E-state index in [1.165, 1.54) is 0 Å². The van der Waals surface area contributed by atoms with Crippen LogP contribution in [0.5, 0.6) is 5.75 Å². The van der Waals surface area contributed by atoms with E-state index in [2.05, 4.69) is 0 Å². The van der Waals surface area contributed by atoms with Crippen LogP contribution in [-0.2, 0) is 0 Å². The number of para-hydroxylation sites is 1. The molecular formula is C14H20N2O2. The molecule has 1 atom stereocenters. The molecule has 1 aliphatic heterocycles. The first-order valence-electron chi connectivity index (χ1n) is 6.22. The third-order valence-corrected chi connectivity index (χ3v) is 3.51. The summed E-state index contributed by atoms with van der Waals surface area (Å²) in [4.78, 5) is 15.8. The van der Waals surface area contributed by atoms with E-state index in [4.69, 9.17) is 4.74 Å². The highest BCUT2D eigenvalue weighted by Gasteiger charge is 2.37. The van der Waals surface area contributed by atoms with Crippen molar-refractivity contribution in [3.63, 3.8) is 0 Å². The Morgan fingerprint density at radius 3 is 2.56 bits per heavy atom. The molecule has 98 valence electrons. The summed E-state index contributed by atoms with van der Waals surface area (Å²) in [6, 6.07) is 8.26. The van der Waals surface area contributed by atoms with Gasteiger partial charge in [0.1, 0.15) is 5.75 Å². The van der Waals surface area contributed by atoms with Gasteiger partial charge in [-0.15, -0.1) is 0 Å². The standard InChI is InChI=1S/C14H20N2O2/c1-10(2)16-9-12(15(3)14(16)17)11-7-5-6-8-13(11)18-4/h5-8,10,12H,9H2,1-4H3. The molecule has 1 unspecified atom stereocenters. The molecule has 18 heavy (non-hydrogen) atoms. The fourth-order valence-electron chi connectivity index (χ4n) is 2.40. The van der Waals surface area contributed by atoms with E-state index in [-0.39, 0.29) is 18.1 Å². The predicted octanol–water partition coefficient (Wildman–Crippen LogP) is 2.51. The van der Waals surface area contributed by atoms with E-state index in [1.54, 1.807) is 12.0 Å². The van der Waals surface area contributed by atoms with Crippen molar-refractivity contribution < 1.29 is 9.53 Å². The molecule has 1 aromatic rings. The van der Waals surface area contributed by atoms with Crippen molar-refractivity contribution >= 4 is 6.03 Å². The minimum atomic E-state index is 0.0658. The van der Waals surface area contributed by atoms with Crippen molar-refractivity contribution in [1.82, 2.24) is 9.80 Å². The number of nitrogens with zero attached hydrogens (tertiary/aromatic N) is 2. The van der Waals surface area contributed by atoms with Crippen molar-refractivity contribution in [3.8, 4) is 5.75 Å². The molecule has 2 rings (SSSR count). The molecule has 0 saturated carbocycles. The van der Waals surface area contributed by atoms with Crippen LogP contribution in [0.3, 0.4) is 0 Å². The molecule has 0 spiro atoms. The SMILES string of the molecule is COc1ccccc1C1CN(C(C)C)C(=O)N1C. The topological polar surface area (TPSA) is 32.8 Å². The lowest BCUT2D eigenvalue weighted by Gasteiger charge is -2.20. The number of benzene rings is 1. The molecule has 1 fully saturated rings. The highest BCUT2D eigenvalue weighted by atomic mass is 16.5. The molecule has 1 aromatic carbocycles. The van der Waals surface area contributed by atoms with Gasteiger partial charge >= 0.3 is 6.03 Å². The van der Waals surface area contributed by atoms with E-state index in [1.807, 2.05) is 50.1 Å². The van der Waals surface area contributed by atoms with Crippen LogP contribution in [0.2, 0.25) is 0 Å². The minimum Gasteiger partial charge on any atom is -0.496 e. The maximum atomic E-state index is 12.1. The van der Waals surface area contributed by atoms with Crippen LogP contribution in [0.15, 0.2) is 24.3 Å². The van der Waals surface area contributed by atoms with Gasteiger partial charge in [-0.1, -0.05) is 18.2 Å². The summed E-state index contributed by atoms with van der Waals surface area (Å²) in [5, 5.41) is 0. The van der Waals surface area contributed by atoms with E-state index < -0.39 is 0 Å². The van der Waals surface area contributed by atoms with Gasteiger partial charge in [0, 0.05) is 25.2 Å². The Bertz CT molecular complexity index is 445. The Hall–Kier alpha value is -1.71. The van der Waals surface area contributed by atoms with Gasteiger partial charge in [0.25, 0.3) is 0 Å². The summed E-state index contributed by atoms with van der Waals surface area (Å²) in [6.45, 7) is 4.79. The van der Waals surface area contributed by atoms with Crippen LogP contribution in [-0.4, -0.2) is 42.6 Å². The highest BCUT2D eigenvalue weighted by molar-refractivity contribution is 5.77. The quantitative estimate of drug-likeness (QED) is 0.823. The number of methoxy groups -OCH3 is 1. The van der Waals surface area contributed by atoms with Crippen LogP contribution < -0.4 is 4.74 Å². The summed E-state index contributed by atoms with van der Waals surface area (Å²) in [5.41, 5.74) is 1.07. The number of carbonyl (C=O) groups is 1. The zero-order valence-electron chi connectivity index (χ0n) is 11.4. The van der Waals surface area contributed by atoms with Crippen LogP contribution in [0, 0.1) is 0 Å². The van der Waals surface area contributed by atoms with Gasteiger partial charge in [-0.25, -0.2) is 4.79 Å². The van der Waals surface area contributed by atoms with E-state index in [9.17, 15) is 4.79 Å². The monoisotopic (exact) mass is 248 g/mol. The molecule has 1 heterocycles. The summed E-state index contributed by atoms with van der Waals surface area (Å²) in [6.07, 6.45) is 0. The molecule has 2 amide bonds. The van der Waals surface area contributed by atoms with Gasteiger partial charge in [-0.3, -0.25) is 0 Å². The van der Waals surface area contributed by atoms with Crippen LogP contribution in [0.1, 0.15) is 25.5 Å². The number of likely N-dealkylation sites (N-methyl/N-ethyl adjacent to an activating group) is 1. The van der Waals surface area contributed by atoms with Crippen LogP contribution in [0.25, 0.3) is 0 Å². The Morgan fingerprint density at radius 1 is 1.33 bits per heavy atom. The van der Waals surface area contributed by atoms with E-state index in [0.717, 1.165) is 11.3 Å². The number of urea groups is 1. The smallest absolute Gasteiger partial charge is 0.320 e. The molecule has 4 heteroatoms. The fourth-order valence-corrected chi connectivity index (χ4v) is 2.40. The molecule has 0 radical (unpaired) electrons. The van der Waals surface area contributed by atoms with Crippen molar-refractivity contribution in [2.45, 2.75) is 25.9 Å². The summed E-state index contributed by atoms with van der Waals surface area (Å²) >= 11 is 0. The second-order valence-corrected chi connectivity index (χ2v) is 4.90. The zero-order valence-corrected chi connectivity index (χ0v) is 11.4. The van der Waals surface area contributed by atoms with Gasteiger partial charge in [-0.2, -0.15) is 0 Å². The van der Waals surface area contributed by atoms with Gasteiger partial charge in [0.15, 0.2) is 0 Å². The van der Waals surface area contributed by atoms with Gasteiger partial charge in [-0.05, 0) is 19.9 Å². The van der Waals surface area contributed by atoms with Crippen LogP contribution in [0.4, 0.5) is 4.79 Å². The Kier molecular flexibility index (Phi) is 3.45. The Morgan fingerprint density at radius 2 is 2.00 bits per heavy atom. The number of carbonyl (C=O) groups excluding carboxylic acids is 1. The first-order valence-corrected chi connectivity index (χ1v) is 6.22. The summed E-state index contributed by atoms with van der Waals surface area (Å²) < 4.78 is 5.38. The highest BCUT2D eigenvalue weighted by Crippen LogP contribution is 2.34. The normalized spacial score (nSPS) is 19.8. The first kappa shape index (κ1) is 12.7. The molecule has 0 aromatic heterocycles. The molecule has 0 aliphatic carbocycles.